The van der Waals surface area contributed by atoms with E-state index in [1.165, 1.54) is 7.05 Å². The fourth-order valence-electron chi connectivity index (χ4n) is 1.53. The van der Waals surface area contributed by atoms with Gasteiger partial charge in [0, 0.05) is 12.4 Å². The van der Waals surface area contributed by atoms with Gasteiger partial charge in [0.05, 0.1) is 0 Å². The van der Waals surface area contributed by atoms with Crippen LogP contribution in [0.5, 0.6) is 0 Å². The Hall–Kier alpha value is -1.10. The predicted octanol–water partition coefficient (Wildman–Crippen LogP) is 2.55. The lowest BCUT2D eigenvalue weighted by molar-refractivity contribution is -0.156. The number of aromatic nitrogens is 1. The molecule has 0 aliphatic carbocycles. The number of hydrogen-bond donors (Lipinski definition) is 1. The molecule has 0 saturated heterocycles. The molecule has 0 saturated carbocycles. The van der Waals surface area contributed by atoms with Crippen molar-refractivity contribution in [3.05, 3.63) is 30.1 Å². The van der Waals surface area contributed by atoms with Gasteiger partial charge in [0.1, 0.15) is 6.04 Å². The Kier molecular flexibility index (Phi) is 4.73. The maximum absolute atomic E-state index is 12.4. The van der Waals surface area contributed by atoms with Crippen molar-refractivity contribution in [1.29, 1.82) is 0 Å². The van der Waals surface area contributed by atoms with E-state index in [9.17, 15) is 13.2 Å². The predicted molar refractivity (Wildman–Crippen MR) is 56.1 cm³/mol. The molecule has 5 heteroatoms. The molecule has 0 aromatic carbocycles. The Morgan fingerprint density at radius 2 is 2.19 bits per heavy atom. The number of rotatable bonds is 5. The van der Waals surface area contributed by atoms with Gasteiger partial charge >= 0.3 is 6.18 Å². The summed E-state index contributed by atoms with van der Waals surface area (Å²) < 4.78 is 37.1. The molecule has 1 N–H and O–H groups in total. The normalized spacial score (nSPS) is 13.8. The molecule has 1 aromatic rings. The average molecular weight is 232 g/mol. The molecule has 2 nitrogen and oxygen atoms in total. The van der Waals surface area contributed by atoms with E-state index in [1.807, 2.05) is 6.07 Å². The molecule has 1 rings (SSSR count). The number of nitrogens with zero attached hydrogens (tertiary/aromatic N) is 1. The molecule has 0 aliphatic rings. The van der Waals surface area contributed by atoms with Gasteiger partial charge in [0.15, 0.2) is 0 Å². The first kappa shape index (κ1) is 13.0. The van der Waals surface area contributed by atoms with Crippen LogP contribution in [0, 0.1) is 0 Å². The van der Waals surface area contributed by atoms with Gasteiger partial charge in [-0.15, -0.1) is 0 Å². The van der Waals surface area contributed by atoms with E-state index >= 15 is 0 Å². The zero-order chi connectivity index (χ0) is 12.0. The van der Waals surface area contributed by atoms with Crippen LogP contribution >= 0.6 is 0 Å². The van der Waals surface area contributed by atoms with Crippen molar-refractivity contribution in [3.8, 4) is 0 Å². The third-order valence-electron chi connectivity index (χ3n) is 2.42. The van der Waals surface area contributed by atoms with Crippen LogP contribution in [0.2, 0.25) is 0 Å². The third kappa shape index (κ3) is 4.18. The second-order valence-corrected chi connectivity index (χ2v) is 3.64. The van der Waals surface area contributed by atoms with E-state index < -0.39 is 12.2 Å². The summed E-state index contributed by atoms with van der Waals surface area (Å²) in [5.41, 5.74) is 0.972. The summed E-state index contributed by atoms with van der Waals surface area (Å²) in [6, 6.07) is 2.24. The van der Waals surface area contributed by atoms with Gasteiger partial charge < -0.3 is 5.32 Å². The zero-order valence-electron chi connectivity index (χ0n) is 9.09. The smallest absolute Gasteiger partial charge is 0.309 e. The maximum atomic E-state index is 12.4. The highest BCUT2D eigenvalue weighted by atomic mass is 19.4. The minimum atomic E-state index is -4.16. The Labute approximate surface area is 92.9 Å². The second kappa shape index (κ2) is 5.84. The van der Waals surface area contributed by atoms with Gasteiger partial charge in [0.25, 0.3) is 0 Å². The van der Waals surface area contributed by atoms with Crippen molar-refractivity contribution in [2.75, 3.05) is 7.05 Å². The van der Waals surface area contributed by atoms with Crippen molar-refractivity contribution in [2.45, 2.75) is 31.5 Å². The van der Waals surface area contributed by atoms with Crippen LogP contribution in [0.25, 0.3) is 0 Å². The molecule has 1 atom stereocenters. The van der Waals surface area contributed by atoms with Crippen LogP contribution < -0.4 is 5.32 Å². The molecule has 16 heavy (non-hydrogen) atoms. The first-order valence-corrected chi connectivity index (χ1v) is 5.17. The largest absolute Gasteiger partial charge is 0.403 e. The van der Waals surface area contributed by atoms with E-state index in [2.05, 4.69) is 10.3 Å². The first-order chi connectivity index (χ1) is 7.54. The highest BCUT2D eigenvalue weighted by molar-refractivity contribution is 5.08. The molecule has 1 heterocycles. The van der Waals surface area contributed by atoms with Gasteiger partial charge in [-0.2, -0.15) is 13.2 Å². The van der Waals surface area contributed by atoms with Crippen LogP contribution in [0.15, 0.2) is 24.5 Å². The molecule has 0 bridgehead atoms. The number of aryl methyl sites for hydroxylation is 1. The number of pyridine rings is 1. The molecule has 0 amide bonds. The minimum Gasteiger partial charge on any atom is -0.309 e. The molecular formula is C11H15F3N2. The van der Waals surface area contributed by atoms with Gasteiger partial charge in [-0.25, -0.2) is 0 Å². The summed E-state index contributed by atoms with van der Waals surface area (Å²) in [5.74, 6) is 0. The highest BCUT2D eigenvalue weighted by Gasteiger charge is 2.37. The van der Waals surface area contributed by atoms with E-state index in [-0.39, 0.29) is 6.42 Å². The Morgan fingerprint density at radius 3 is 2.69 bits per heavy atom. The molecule has 0 radical (unpaired) electrons. The third-order valence-corrected chi connectivity index (χ3v) is 2.42. The fraction of sp³-hybridized carbons (Fsp3) is 0.545. The SMILES string of the molecule is CNC(CCCc1cccnc1)C(F)(F)F. The molecule has 0 aliphatic heterocycles. The number of nitrogens with one attached hydrogen (secondary N) is 1. The van der Waals surface area contributed by atoms with E-state index in [0.717, 1.165) is 5.56 Å². The lowest BCUT2D eigenvalue weighted by atomic mass is 10.1. The van der Waals surface area contributed by atoms with Crippen LogP contribution in [-0.4, -0.2) is 24.2 Å². The second-order valence-electron chi connectivity index (χ2n) is 3.64. The van der Waals surface area contributed by atoms with Crippen molar-refractivity contribution in [3.63, 3.8) is 0 Å². The Morgan fingerprint density at radius 1 is 1.44 bits per heavy atom. The number of alkyl halides is 3. The van der Waals surface area contributed by atoms with Crippen LogP contribution in [-0.2, 0) is 6.42 Å². The van der Waals surface area contributed by atoms with Crippen molar-refractivity contribution in [1.82, 2.24) is 10.3 Å². The molecule has 1 aromatic heterocycles. The standard InChI is InChI=1S/C11H15F3N2/c1-15-10(11(12,13)14)6-2-4-9-5-3-7-16-8-9/h3,5,7-8,10,15H,2,4,6H2,1H3. The summed E-state index contributed by atoms with van der Waals surface area (Å²) in [4.78, 5) is 3.91. The molecule has 1 unspecified atom stereocenters. The van der Waals surface area contributed by atoms with Crippen LogP contribution in [0.3, 0.4) is 0 Å². The van der Waals surface area contributed by atoms with Gasteiger partial charge in [-0.05, 0) is 37.9 Å². The monoisotopic (exact) mass is 232 g/mol. The zero-order valence-corrected chi connectivity index (χ0v) is 9.09. The molecule has 90 valence electrons. The maximum Gasteiger partial charge on any atom is 0.403 e. The highest BCUT2D eigenvalue weighted by Crippen LogP contribution is 2.23. The topological polar surface area (TPSA) is 24.9 Å². The van der Waals surface area contributed by atoms with Crippen molar-refractivity contribution < 1.29 is 13.2 Å². The van der Waals surface area contributed by atoms with Gasteiger partial charge in [-0.1, -0.05) is 6.07 Å². The van der Waals surface area contributed by atoms with E-state index in [4.69, 9.17) is 0 Å². The minimum absolute atomic E-state index is 0.0922. The summed E-state index contributed by atoms with van der Waals surface area (Å²) in [7, 11) is 1.34. The van der Waals surface area contributed by atoms with E-state index in [0.29, 0.717) is 12.8 Å². The average Bonchev–Trinajstić information content (AvgIpc) is 2.24. The summed E-state index contributed by atoms with van der Waals surface area (Å²) in [5, 5.41) is 2.29. The number of hydrogen-bond acceptors (Lipinski definition) is 2. The van der Waals surface area contributed by atoms with Crippen LogP contribution in [0.4, 0.5) is 13.2 Å². The van der Waals surface area contributed by atoms with E-state index in [1.54, 1.807) is 18.5 Å². The van der Waals surface area contributed by atoms with Gasteiger partial charge in [-0.3, -0.25) is 4.98 Å². The lowest BCUT2D eigenvalue weighted by Crippen LogP contribution is -2.40. The summed E-state index contributed by atoms with van der Waals surface area (Å²) >= 11 is 0. The van der Waals surface area contributed by atoms with Crippen molar-refractivity contribution in [2.24, 2.45) is 0 Å². The summed E-state index contributed by atoms with van der Waals surface area (Å²) in [6.45, 7) is 0. The molecule has 0 fully saturated rings. The summed E-state index contributed by atoms with van der Waals surface area (Å²) in [6.07, 6.45) is 0.384. The molecular weight excluding hydrogens is 217 g/mol. The Bertz CT molecular complexity index is 298. The van der Waals surface area contributed by atoms with Crippen molar-refractivity contribution >= 4 is 0 Å². The number of halogens is 3. The first-order valence-electron chi connectivity index (χ1n) is 5.17. The molecule has 0 spiro atoms. The van der Waals surface area contributed by atoms with Gasteiger partial charge in [0.2, 0.25) is 0 Å². The van der Waals surface area contributed by atoms with Crippen LogP contribution in [0.1, 0.15) is 18.4 Å². The Balaban J connectivity index is 2.35. The lowest BCUT2D eigenvalue weighted by Gasteiger charge is -2.19. The fourth-order valence-corrected chi connectivity index (χ4v) is 1.53. The quantitative estimate of drug-likeness (QED) is 0.843.